The number of fused-ring (bicyclic) bond motifs is 1. The van der Waals surface area contributed by atoms with E-state index in [-0.39, 0.29) is 18.6 Å². The molecule has 0 radical (unpaired) electrons. The molecule has 2 aromatic rings. The van der Waals surface area contributed by atoms with Crippen molar-refractivity contribution < 1.29 is 14.3 Å². The van der Waals surface area contributed by atoms with Gasteiger partial charge in [-0.15, -0.1) is 0 Å². The van der Waals surface area contributed by atoms with Gasteiger partial charge in [-0.05, 0) is 67.6 Å². The van der Waals surface area contributed by atoms with Crippen LogP contribution in [0.1, 0.15) is 36.4 Å². The third-order valence-electron chi connectivity index (χ3n) is 5.86. The van der Waals surface area contributed by atoms with Crippen LogP contribution < -0.4 is 9.47 Å². The van der Waals surface area contributed by atoms with Gasteiger partial charge in [0.2, 0.25) is 6.79 Å². The van der Waals surface area contributed by atoms with Gasteiger partial charge in [-0.2, -0.15) is 0 Å². The van der Waals surface area contributed by atoms with Crippen molar-refractivity contribution in [2.24, 2.45) is 5.92 Å². The predicted molar refractivity (Wildman–Crippen MR) is 110 cm³/mol. The third-order valence-corrected chi connectivity index (χ3v) is 5.86. The predicted octanol–water partition coefficient (Wildman–Crippen LogP) is 4.56. The highest BCUT2D eigenvalue weighted by Crippen LogP contribution is 2.38. The number of piperidine rings is 1. The average Bonchev–Trinajstić information content (AvgIpc) is 3.21. The lowest BCUT2D eigenvalue weighted by Gasteiger charge is -2.37. The molecule has 0 unspecified atom stereocenters. The van der Waals surface area contributed by atoms with Crippen molar-refractivity contribution in [2.45, 2.75) is 31.7 Å². The van der Waals surface area contributed by atoms with Gasteiger partial charge in [0.15, 0.2) is 17.3 Å². The van der Waals surface area contributed by atoms with Gasteiger partial charge in [0.1, 0.15) is 0 Å². The van der Waals surface area contributed by atoms with Crippen molar-refractivity contribution in [3.63, 3.8) is 0 Å². The lowest BCUT2D eigenvalue weighted by Crippen LogP contribution is -2.38. The molecule has 4 nitrogen and oxygen atoms in total. The topological polar surface area (TPSA) is 38.8 Å². The van der Waals surface area contributed by atoms with Crippen LogP contribution >= 0.6 is 0 Å². The molecule has 2 aromatic carbocycles. The first-order valence-electron chi connectivity index (χ1n) is 10.1. The lowest BCUT2D eigenvalue weighted by atomic mass is 9.88. The summed E-state index contributed by atoms with van der Waals surface area (Å²) in [6.45, 7) is 5.92. The summed E-state index contributed by atoms with van der Waals surface area (Å²) >= 11 is 0. The molecule has 0 saturated carbocycles. The van der Waals surface area contributed by atoms with Crippen LogP contribution in [0.4, 0.5) is 0 Å². The Bertz CT molecular complexity index is 825. The van der Waals surface area contributed by atoms with Crippen molar-refractivity contribution in [2.75, 3.05) is 19.9 Å². The van der Waals surface area contributed by atoms with Crippen LogP contribution in [0.25, 0.3) is 0 Å². The molecule has 0 aromatic heterocycles. The number of carbonyl (C=O) groups is 1. The fourth-order valence-electron chi connectivity index (χ4n) is 4.27. The van der Waals surface area contributed by atoms with Gasteiger partial charge in [-0.3, -0.25) is 9.69 Å². The van der Waals surface area contributed by atoms with Crippen LogP contribution in [0.15, 0.2) is 61.2 Å². The number of hydrogen-bond acceptors (Lipinski definition) is 4. The van der Waals surface area contributed by atoms with Crippen LogP contribution in [-0.2, 0) is 11.2 Å². The first-order chi connectivity index (χ1) is 13.7. The average molecular weight is 377 g/mol. The Labute approximate surface area is 166 Å². The van der Waals surface area contributed by atoms with E-state index >= 15 is 0 Å². The molecule has 0 amide bonds. The maximum absolute atomic E-state index is 12.2. The molecule has 146 valence electrons. The molecule has 28 heavy (non-hydrogen) atoms. The van der Waals surface area contributed by atoms with Crippen molar-refractivity contribution in [3.05, 3.63) is 72.3 Å². The lowest BCUT2D eigenvalue weighted by molar-refractivity contribution is -0.116. The molecule has 0 N–H and O–H groups in total. The van der Waals surface area contributed by atoms with Crippen LogP contribution in [0.2, 0.25) is 0 Å². The number of carbonyl (C=O) groups excluding carboxylic acids is 1. The SMILES string of the molecule is C=CC(=O)C[C@@H](c1ccc2c(c1)OCO2)N1CCC(Cc2ccccc2)CC1. The van der Waals surface area contributed by atoms with Crippen molar-refractivity contribution in [3.8, 4) is 11.5 Å². The molecule has 0 aliphatic carbocycles. The molecule has 2 heterocycles. The molecule has 0 bridgehead atoms. The number of nitrogens with zero attached hydrogens (tertiary/aromatic N) is 1. The Morgan fingerprint density at radius 3 is 2.61 bits per heavy atom. The largest absolute Gasteiger partial charge is 0.454 e. The van der Waals surface area contributed by atoms with Gasteiger partial charge in [-0.25, -0.2) is 0 Å². The molecule has 1 fully saturated rings. The minimum absolute atomic E-state index is 0.0534. The van der Waals surface area contributed by atoms with Gasteiger partial charge in [0, 0.05) is 12.5 Å². The summed E-state index contributed by atoms with van der Waals surface area (Å²) < 4.78 is 11.0. The smallest absolute Gasteiger partial charge is 0.231 e. The summed E-state index contributed by atoms with van der Waals surface area (Å²) in [5.41, 5.74) is 2.52. The number of allylic oxidation sites excluding steroid dienone is 1. The summed E-state index contributed by atoms with van der Waals surface area (Å²) in [7, 11) is 0. The molecule has 2 aliphatic heterocycles. The number of rotatable bonds is 7. The zero-order valence-corrected chi connectivity index (χ0v) is 16.2. The van der Waals surface area contributed by atoms with E-state index in [0.717, 1.165) is 49.4 Å². The number of ether oxygens (including phenoxy) is 2. The Hall–Kier alpha value is -2.59. The standard InChI is InChI=1S/C24H27NO3/c1-2-21(26)16-22(20-8-9-23-24(15-20)28-17-27-23)25-12-10-19(11-13-25)14-18-6-4-3-5-7-18/h2-9,15,19,22H,1,10-14,16-17H2/t22-/m0/s1. The van der Waals surface area contributed by atoms with E-state index in [1.807, 2.05) is 12.1 Å². The van der Waals surface area contributed by atoms with E-state index in [2.05, 4.69) is 47.9 Å². The molecule has 4 heteroatoms. The van der Waals surface area contributed by atoms with Gasteiger partial charge in [0.05, 0.1) is 0 Å². The number of hydrogen-bond donors (Lipinski definition) is 0. The molecule has 1 saturated heterocycles. The second kappa shape index (κ2) is 8.61. The first kappa shape index (κ1) is 18.8. The highest BCUT2D eigenvalue weighted by Gasteiger charge is 2.28. The van der Waals surface area contributed by atoms with Crippen LogP contribution in [0, 0.1) is 5.92 Å². The number of benzene rings is 2. The quantitative estimate of drug-likeness (QED) is 0.663. The van der Waals surface area contributed by atoms with Crippen molar-refractivity contribution in [1.29, 1.82) is 0 Å². The minimum Gasteiger partial charge on any atom is -0.454 e. The summed E-state index contributed by atoms with van der Waals surface area (Å²) in [6, 6.07) is 16.8. The molecule has 4 rings (SSSR count). The van der Waals surface area contributed by atoms with E-state index in [1.54, 1.807) is 0 Å². The fourth-order valence-corrected chi connectivity index (χ4v) is 4.27. The molecule has 0 spiro atoms. The highest BCUT2D eigenvalue weighted by molar-refractivity contribution is 5.89. The summed E-state index contributed by atoms with van der Waals surface area (Å²) in [5, 5.41) is 0. The van der Waals surface area contributed by atoms with E-state index in [4.69, 9.17) is 9.47 Å². The maximum atomic E-state index is 12.2. The monoisotopic (exact) mass is 377 g/mol. The molecular formula is C24H27NO3. The molecular weight excluding hydrogens is 350 g/mol. The Balaban J connectivity index is 1.45. The molecule has 2 aliphatic rings. The first-order valence-corrected chi connectivity index (χ1v) is 10.1. The molecule has 1 atom stereocenters. The summed E-state index contributed by atoms with van der Waals surface area (Å²) in [4.78, 5) is 14.6. The van der Waals surface area contributed by atoms with Crippen molar-refractivity contribution >= 4 is 5.78 Å². The van der Waals surface area contributed by atoms with Crippen molar-refractivity contribution in [1.82, 2.24) is 4.90 Å². The third kappa shape index (κ3) is 4.28. The van der Waals surface area contributed by atoms with E-state index in [1.165, 1.54) is 11.6 Å². The van der Waals surface area contributed by atoms with Crippen LogP contribution in [-0.4, -0.2) is 30.6 Å². The van der Waals surface area contributed by atoms with Crippen LogP contribution in [0.3, 0.4) is 0 Å². The van der Waals surface area contributed by atoms with Gasteiger partial charge in [-0.1, -0.05) is 43.0 Å². The maximum Gasteiger partial charge on any atom is 0.231 e. The zero-order chi connectivity index (χ0) is 19.3. The van der Waals surface area contributed by atoms with Gasteiger partial charge < -0.3 is 9.47 Å². The zero-order valence-electron chi connectivity index (χ0n) is 16.2. The number of ketones is 1. The second-order valence-corrected chi connectivity index (χ2v) is 7.67. The second-order valence-electron chi connectivity index (χ2n) is 7.67. The van der Waals surface area contributed by atoms with E-state index in [0.29, 0.717) is 12.3 Å². The van der Waals surface area contributed by atoms with Crippen LogP contribution in [0.5, 0.6) is 11.5 Å². The van der Waals surface area contributed by atoms with Gasteiger partial charge >= 0.3 is 0 Å². The Kier molecular flexibility index (Phi) is 5.77. The van der Waals surface area contributed by atoms with E-state index < -0.39 is 0 Å². The minimum atomic E-state index is 0.0534. The normalized spacial score (nSPS) is 18.0. The summed E-state index contributed by atoms with van der Waals surface area (Å²) in [6.07, 6.45) is 5.32. The highest BCUT2D eigenvalue weighted by atomic mass is 16.7. The Morgan fingerprint density at radius 2 is 1.86 bits per heavy atom. The Morgan fingerprint density at radius 1 is 1.11 bits per heavy atom. The van der Waals surface area contributed by atoms with E-state index in [9.17, 15) is 4.79 Å². The summed E-state index contributed by atoms with van der Waals surface area (Å²) in [5.74, 6) is 2.33. The number of likely N-dealkylation sites (tertiary alicyclic amines) is 1. The van der Waals surface area contributed by atoms with Gasteiger partial charge in [0.25, 0.3) is 0 Å². The fraction of sp³-hybridized carbons (Fsp3) is 0.375.